The Balaban J connectivity index is 2.43. The Kier molecular flexibility index (Phi) is 3.23. The number of hydrogen-bond acceptors (Lipinski definition) is 6. The van der Waals surface area contributed by atoms with Crippen molar-refractivity contribution in [3.63, 3.8) is 0 Å². The largest absolute Gasteiger partial charge is 0.390 e. The highest BCUT2D eigenvalue weighted by molar-refractivity contribution is 5.23. The second-order valence-electron chi connectivity index (χ2n) is 4.05. The van der Waals surface area contributed by atoms with Crippen LogP contribution < -0.4 is 11.4 Å². The average molecular weight is 270 g/mol. The molecule has 0 amide bonds. The quantitative estimate of drug-likeness (QED) is 0.573. The number of rotatable bonds is 2. The van der Waals surface area contributed by atoms with Gasteiger partial charge in [-0.25, -0.2) is 15.8 Å². The van der Waals surface area contributed by atoms with Gasteiger partial charge >= 0.3 is 11.4 Å². The molecule has 1 aliphatic heterocycles. The van der Waals surface area contributed by atoms with Crippen molar-refractivity contribution < 1.29 is 19.3 Å². The maximum atomic E-state index is 14.0. The van der Waals surface area contributed by atoms with E-state index in [9.17, 15) is 14.3 Å². The zero-order valence-corrected chi connectivity index (χ0v) is 9.60. The van der Waals surface area contributed by atoms with E-state index in [4.69, 9.17) is 22.1 Å². The predicted molar refractivity (Wildman–Crippen MR) is 60.4 cm³/mol. The molecule has 2 rings (SSSR count). The highest BCUT2D eigenvalue weighted by Crippen LogP contribution is 2.39. The minimum Gasteiger partial charge on any atom is -0.385 e. The smallest absolute Gasteiger partial charge is 0.385 e. The molecule has 2 heterocycles. The van der Waals surface area contributed by atoms with Crippen LogP contribution in [0.5, 0.6) is 0 Å². The lowest BCUT2D eigenvalue weighted by molar-refractivity contribution is -0.100. The van der Waals surface area contributed by atoms with E-state index in [-0.39, 0.29) is 5.82 Å². The van der Waals surface area contributed by atoms with Crippen molar-refractivity contribution >= 4 is 5.82 Å². The summed E-state index contributed by atoms with van der Waals surface area (Å²) in [6, 6.07) is 1.25. The van der Waals surface area contributed by atoms with Crippen LogP contribution in [0.1, 0.15) is 6.23 Å². The lowest BCUT2D eigenvalue weighted by Gasteiger charge is -2.16. The van der Waals surface area contributed by atoms with Gasteiger partial charge in [0, 0.05) is 6.20 Å². The number of nitrogens with two attached hydrogens (primary N) is 1. The summed E-state index contributed by atoms with van der Waals surface area (Å²) in [7, 11) is 0. The molecule has 8 nitrogen and oxygen atoms in total. The third-order valence-electron chi connectivity index (χ3n) is 2.90. The highest BCUT2D eigenvalue weighted by Gasteiger charge is 2.62. The van der Waals surface area contributed by atoms with Crippen molar-refractivity contribution in [3.05, 3.63) is 34.2 Å². The van der Waals surface area contributed by atoms with Crippen molar-refractivity contribution in [2.75, 3.05) is 12.3 Å². The monoisotopic (exact) mass is 270 g/mol. The Morgan fingerprint density at radius 1 is 1.74 bits per heavy atom. The van der Waals surface area contributed by atoms with E-state index >= 15 is 0 Å². The molecule has 102 valence electrons. The van der Waals surface area contributed by atoms with Gasteiger partial charge in [-0.15, -0.1) is 0 Å². The Hall–Kier alpha value is -2.02. The van der Waals surface area contributed by atoms with Crippen molar-refractivity contribution in [1.29, 1.82) is 0 Å². The van der Waals surface area contributed by atoms with Gasteiger partial charge in [-0.1, -0.05) is 0 Å². The molecule has 19 heavy (non-hydrogen) atoms. The van der Waals surface area contributed by atoms with Crippen LogP contribution in [-0.4, -0.2) is 44.4 Å². The second kappa shape index (κ2) is 4.58. The molecule has 0 aliphatic carbocycles. The summed E-state index contributed by atoms with van der Waals surface area (Å²) >= 11 is 0. The number of anilines is 1. The molecular weight excluding hydrogens is 259 g/mol. The first-order valence-corrected chi connectivity index (χ1v) is 5.29. The molecule has 1 aliphatic rings. The van der Waals surface area contributed by atoms with E-state index in [0.717, 1.165) is 10.8 Å². The molecule has 4 unspecified atom stereocenters. The average Bonchev–Trinajstić information content (AvgIpc) is 2.64. The Bertz CT molecular complexity index is 586. The normalized spacial score (nSPS) is 34.1. The lowest BCUT2D eigenvalue weighted by atomic mass is 10.1. The summed E-state index contributed by atoms with van der Waals surface area (Å²) in [6.45, 7) is 6.00. The second-order valence-corrected chi connectivity index (χ2v) is 4.05. The van der Waals surface area contributed by atoms with E-state index in [1.807, 2.05) is 0 Å². The summed E-state index contributed by atoms with van der Waals surface area (Å²) < 4.78 is 19.8. The van der Waals surface area contributed by atoms with Gasteiger partial charge in [-0.3, -0.25) is 14.1 Å². The van der Waals surface area contributed by atoms with Gasteiger partial charge in [0.15, 0.2) is 25.1 Å². The van der Waals surface area contributed by atoms with Crippen molar-refractivity contribution in [3.8, 4) is 0 Å². The number of nitrogens with zero attached hydrogens (tertiary/aromatic N) is 3. The molecule has 1 aromatic heterocycles. The topological polar surface area (TPSA) is 115 Å². The Morgan fingerprint density at radius 3 is 2.89 bits per heavy atom. The number of ether oxygens (including phenoxy) is 1. The van der Waals surface area contributed by atoms with E-state index < -0.39 is 36.5 Å². The van der Waals surface area contributed by atoms with Crippen LogP contribution in [0.3, 0.4) is 0 Å². The molecule has 1 aromatic rings. The summed E-state index contributed by atoms with van der Waals surface area (Å²) in [5.74, 6) is -0.0474. The standard InChI is InChI=1S/C10H11FN4O4/c1-13-10(4-16)7(17)6(11)8(19-10)15-3-2-5(12)14-9(15)18/h2-3,6-8,16-17H,4H2,(H2,12,14,18). The molecule has 4 atom stereocenters. The van der Waals surface area contributed by atoms with Crippen LogP contribution in [0.15, 0.2) is 17.1 Å². The fourth-order valence-electron chi connectivity index (χ4n) is 1.84. The molecule has 0 bridgehead atoms. The van der Waals surface area contributed by atoms with E-state index in [2.05, 4.69) is 9.83 Å². The molecule has 1 fully saturated rings. The maximum absolute atomic E-state index is 14.0. The number of hydrogen-bond donors (Lipinski definition) is 3. The Labute approximate surface area is 106 Å². The van der Waals surface area contributed by atoms with Crippen LogP contribution in [0.25, 0.3) is 4.85 Å². The van der Waals surface area contributed by atoms with Crippen LogP contribution in [-0.2, 0) is 4.74 Å². The summed E-state index contributed by atoms with van der Waals surface area (Å²) in [5, 5.41) is 18.7. The SMILES string of the molecule is [C-]#[N+]C1(CO)OC(n2ccc(N)nc2=O)C(F)C1O. The summed E-state index contributed by atoms with van der Waals surface area (Å²) in [4.78, 5) is 17.9. The van der Waals surface area contributed by atoms with Crippen LogP contribution in [0.4, 0.5) is 10.2 Å². The first-order valence-electron chi connectivity index (χ1n) is 5.29. The lowest BCUT2D eigenvalue weighted by Crippen LogP contribution is -2.42. The number of aliphatic hydroxyl groups is 2. The fourth-order valence-corrected chi connectivity index (χ4v) is 1.84. The fraction of sp³-hybridized carbons (Fsp3) is 0.500. The zero-order chi connectivity index (χ0) is 14.2. The van der Waals surface area contributed by atoms with E-state index in [0.29, 0.717) is 0 Å². The van der Waals surface area contributed by atoms with Crippen LogP contribution in [0.2, 0.25) is 0 Å². The molecule has 0 aromatic carbocycles. The predicted octanol–water partition coefficient (Wildman–Crippen LogP) is -1.34. The minimum atomic E-state index is -2.12. The summed E-state index contributed by atoms with van der Waals surface area (Å²) in [6.07, 6.45) is -4.32. The van der Waals surface area contributed by atoms with Gasteiger partial charge in [-0.2, -0.15) is 4.98 Å². The third kappa shape index (κ3) is 1.95. The molecule has 1 saturated heterocycles. The minimum absolute atomic E-state index is 0.0474. The highest BCUT2D eigenvalue weighted by atomic mass is 19.1. The van der Waals surface area contributed by atoms with Crippen LogP contribution >= 0.6 is 0 Å². The van der Waals surface area contributed by atoms with Gasteiger partial charge in [0.25, 0.3) is 0 Å². The number of alkyl halides is 1. The van der Waals surface area contributed by atoms with Crippen molar-refractivity contribution in [2.24, 2.45) is 0 Å². The van der Waals surface area contributed by atoms with Crippen molar-refractivity contribution in [1.82, 2.24) is 9.55 Å². The van der Waals surface area contributed by atoms with Crippen molar-refractivity contribution in [2.45, 2.75) is 24.2 Å². The molecular formula is C10H11FN4O4. The molecule has 0 saturated carbocycles. The first-order chi connectivity index (χ1) is 8.95. The molecule has 9 heteroatoms. The maximum Gasteiger partial charge on any atom is 0.390 e. The van der Waals surface area contributed by atoms with Gasteiger partial charge < -0.3 is 15.9 Å². The third-order valence-corrected chi connectivity index (χ3v) is 2.90. The summed E-state index contributed by atoms with van der Waals surface area (Å²) in [5.41, 5.74) is 2.30. The first kappa shape index (κ1) is 13.4. The molecule has 4 N–H and O–H groups in total. The number of aromatic nitrogens is 2. The van der Waals surface area contributed by atoms with E-state index in [1.54, 1.807) is 0 Å². The van der Waals surface area contributed by atoms with Gasteiger partial charge in [-0.05, 0) is 6.07 Å². The number of aliphatic hydroxyl groups excluding tert-OH is 2. The van der Waals surface area contributed by atoms with E-state index in [1.165, 1.54) is 6.07 Å². The zero-order valence-electron chi connectivity index (χ0n) is 9.60. The number of nitrogen functional groups attached to an aromatic ring is 1. The van der Waals surface area contributed by atoms with Gasteiger partial charge in [0.05, 0.1) is 0 Å². The van der Waals surface area contributed by atoms with Crippen LogP contribution in [0, 0.1) is 6.57 Å². The Morgan fingerprint density at radius 2 is 2.42 bits per heavy atom. The van der Waals surface area contributed by atoms with Gasteiger partial charge in [0.1, 0.15) is 5.82 Å². The number of halogens is 1. The molecule has 0 radical (unpaired) electrons. The molecule has 0 spiro atoms. The van der Waals surface area contributed by atoms with Gasteiger partial charge in [0.2, 0.25) is 0 Å².